The Bertz CT molecular complexity index is 351. The molecule has 2 heterocycles. The average Bonchev–Trinajstić information content (AvgIpc) is 2.35. The highest BCUT2D eigenvalue weighted by atomic mass is 127. The van der Waals surface area contributed by atoms with Crippen LogP contribution in [0.2, 0.25) is 0 Å². The van der Waals surface area contributed by atoms with Crippen LogP contribution in [0, 0.1) is 0 Å². The second-order valence-electron chi connectivity index (χ2n) is 1.78. The van der Waals surface area contributed by atoms with E-state index in [4.69, 9.17) is 0 Å². The molecule has 2 aliphatic rings. The average molecular weight is 261 g/mol. The summed E-state index contributed by atoms with van der Waals surface area (Å²) in [6.07, 6.45) is 0. The predicted octanol–water partition coefficient (Wildman–Crippen LogP) is 0.538. The van der Waals surface area contributed by atoms with Crippen LogP contribution in [0.15, 0.2) is 25.6 Å². The van der Waals surface area contributed by atoms with E-state index in [0.29, 0.717) is 9.43 Å². The lowest BCUT2D eigenvalue weighted by Gasteiger charge is -1.96. The zero-order valence-corrected chi connectivity index (χ0v) is 7.18. The molecule has 0 radical (unpaired) electrons. The maximum absolute atomic E-state index is 10.9. The Labute approximate surface area is 74.3 Å². The molecule has 0 spiro atoms. The summed E-state index contributed by atoms with van der Waals surface area (Å²) in [5, 5.41) is 17.3. The number of nitrogens with zero attached hydrogens (tertiary/aromatic N) is 5. The van der Waals surface area contributed by atoms with E-state index in [0.717, 1.165) is 0 Å². The lowest BCUT2D eigenvalue weighted by Crippen LogP contribution is -2.25. The molecule has 0 aromatic carbocycles. The Morgan fingerprint density at radius 1 is 1.09 bits per heavy atom. The third-order valence-electron chi connectivity index (χ3n) is 1.14. The van der Waals surface area contributed by atoms with Gasteiger partial charge in [-0.1, -0.05) is 5.11 Å². The summed E-state index contributed by atoms with van der Waals surface area (Å²) in [4.78, 5) is 10.9. The summed E-state index contributed by atoms with van der Waals surface area (Å²) < 4.78 is 0.574. The fourth-order valence-electron chi connectivity index (χ4n) is 0.674. The molecule has 7 heteroatoms. The lowest BCUT2D eigenvalue weighted by atomic mass is 10.2. The van der Waals surface area contributed by atoms with Gasteiger partial charge in [0.1, 0.15) is 0 Å². The van der Waals surface area contributed by atoms with E-state index in [-0.39, 0.29) is 5.71 Å². The van der Waals surface area contributed by atoms with E-state index >= 15 is 0 Å². The molecule has 0 aliphatic carbocycles. The molecule has 6 nitrogen and oxygen atoms in total. The van der Waals surface area contributed by atoms with Crippen molar-refractivity contribution in [1.82, 2.24) is 0 Å². The van der Waals surface area contributed by atoms with Crippen molar-refractivity contribution in [2.45, 2.75) is 0 Å². The number of hydrogen-bond acceptors (Lipinski definition) is 5. The monoisotopic (exact) mass is 261 g/mol. The number of hydrogen-bond donors (Lipinski definition) is 0. The first-order valence-electron chi connectivity index (χ1n) is 2.64. The first kappa shape index (κ1) is 6.70. The Hall–Kier alpha value is -0.990. The highest BCUT2D eigenvalue weighted by Crippen LogP contribution is 2.11. The van der Waals surface area contributed by atoms with Gasteiger partial charge in [-0.05, 0) is 27.8 Å². The first-order valence-corrected chi connectivity index (χ1v) is 3.72. The van der Waals surface area contributed by atoms with Crippen molar-refractivity contribution >= 4 is 43.6 Å². The van der Waals surface area contributed by atoms with Crippen molar-refractivity contribution in [3.05, 3.63) is 0 Å². The van der Waals surface area contributed by atoms with Crippen LogP contribution in [0.3, 0.4) is 0 Å². The molecule has 54 valence electrons. The standard InChI is InChI=1S/C4IN5O/c5-3-1-2(6-8-3)4(11)9-10-7-1. The van der Waals surface area contributed by atoms with Gasteiger partial charge in [0.15, 0.2) is 15.1 Å². The molecule has 0 atom stereocenters. The molecular formula is C4IN5O. The summed E-state index contributed by atoms with van der Waals surface area (Å²) in [5.74, 6) is -0.481. The molecule has 0 aromatic heterocycles. The largest absolute Gasteiger partial charge is 0.319 e. The molecule has 0 aromatic rings. The van der Waals surface area contributed by atoms with Crippen LogP contribution >= 0.6 is 22.6 Å². The lowest BCUT2D eigenvalue weighted by molar-refractivity contribution is -0.112. The Morgan fingerprint density at radius 2 is 1.91 bits per heavy atom. The van der Waals surface area contributed by atoms with Crippen LogP contribution in [0.1, 0.15) is 0 Å². The molecule has 2 aliphatic heterocycles. The summed E-state index contributed by atoms with van der Waals surface area (Å²) in [7, 11) is 0. The van der Waals surface area contributed by atoms with Crippen LogP contribution < -0.4 is 0 Å². The van der Waals surface area contributed by atoms with Crippen LogP contribution in [-0.4, -0.2) is 21.0 Å². The quantitative estimate of drug-likeness (QED) is 0.586. The van der Waals surface area contributed by atoms with Crippen LogP contribution in [0.5, 0.6) is 0 Å². The van der Waals surface area contributed by atoms with Gasteiger partial charge in [0.05, 0.1) is 0 Å². The summed E-state index contributed by atoms with van der Waals surface area (Å²) in [5.41, 5.74) is 0.606. The minimum absolute atomic E-state index is 0.185. The van der Waals surface area contributed by atoms with Gasteiger partial charge in [0.2, 0.25) is 0 Å². The Balaban J connectivity index is 2.53. The van der Waals surface area contributed by atoms with Gasteiger partial charge in [0.25, 0.3) is 0 Å². The van der Waals surface area contributed by atoms with Crippen LogP contribution in [0.4, 0.5) is 0 Å². The second kappa shape index (κ2) is 2.26. The zero-order valence-electron chi connectivity index (χ0n) is 5.02. The second-order valence-corrected chi connectivity index (χ2v) is 2.80. The van der Waals surface area contributed by atoms with Gasteiger partial charge in [0, 0.05) is 0 Å². The van der Waals surface area contributed by atoms with Crippen LogP contribution in [0.25, 0.3) is 0 Å². The minimum Gasteiger partial charge on any atom is -0.263 e. The number of fused-ring (bicyclic) bond motifs is 1. The molecule has 0 saturated carbocycles. The number of carbonyl (C=O) groups is 1. The molecule has 0 fully saturated rings. The number of carbonyl (C=O) groups excluding carboxylic acids is 1. The first-order chi connectivity index (χ1) is 5.29. The van der Waals surface area contributed by atoms with Gasteiger partial charge < -0.3 is 0 Å². The van der Waals surface area contributed by atoms with E-state index < -0.39 is 5.91 Å². The maximum Gasteiger partial charge on any atom is 0.319 e. The Morgan fingerprint density at radius 3 is 2.64 bits per heavy atom. The van der Waals surface area contributed by atoms with Gasteiger partial charge in [-0.2, -0.15) is 0 Å². The summed E-state index contributed by atoms with van der Waals surface area (Å²) in [6.45, 7) is 0. The van der Waals surface area contributed by atoms with E-state index in [1.807, 2.05) is 22.6 Å². The number of halogens is 1. The molecule has 0 N–H and O–H groups in total. The fraction of sp³-hybridized carbons (Fsp3) is 0. The minimum atomic E-state index is -0.481. The normalized spacial score (nSPS) is 20.8. The van der Waals surface area contributed by atoms with E-state index in [9.17, 15) is 4.79 Å². The molecular weight excluding hydrogens is 261 g/mol. The topological polar surface area (TPSA) is 78.9 Å². The van der Waals surface area contributed by atoms with Gasteiger partial charge in [-0.25, -0.2) is 0 Å². The van der Waals surface area contributed by atoms with E-state index in [2.05, 4.69) is 25.6 Å². The molecule has 11 heavy (non-hydrogen) atoms. The SMILES string of the molecule is O=C1N=NN=C2C(I)=NN=C12. The highest BCUT2D eigenvalue weighted by molar-refractivity contribution is 14.1. The van der Waals surface area contributed by atoms with E-state index in [1.165, 1.54) is 0 Å². The van der Waals surface area contributed by atoms with Crippen molar-refractivity contribution in [2.24, 2.45) is 25.6 Å². The molecule has 1 amide bonds. The van der Waals surface area contributed by atoms with Gasteiger partial charge in [-0.15, -0.1) is 15.3 Å². The number of amides is 1. The van der Waals surface area contributed by atoms with Crippen LogP contribution in [-0.2, 0) is 4.79 Å². The van der Waals surface area contributed by atoms with Crippen molar-refractivity contribution in [3.8, 4) is 0 Å². The Kier molecular flexibility index (Phi) is 1.37. The summed E-state index contributed by atoms with van der Waals surface area (Å²) >= 11 is 1.93. The van der Waals surface area contributed by atoms with Gasteiger partial charge >= 0.3 is 5.91 Å². The molecule has 0 saturated heterocycles. The molecule has 0 bridgehead atoms. The van der Waals surface area contributed by atoms with E-state index in [1.54, 1.807) is 0 Å². The van der Waals surface area contributed by atoms with Gasteiger partial charge in [-0.3, -0.25) is 4.79 Å². The number of rotatable bonds is 0. The predicted molar refractivity (Wildman–Crippen MR) is 46.2 cm³/mol. The third kappa shape index (κ3) is 0.914. The molecule has 2 rings (SSSR count). The fourth-order valence-corrected chi connectivity index (χ4v) is 1.15. The van der Waals surface area contributed by atoms with Crippen molar-refractivity contribution in [1.29, 1.82) is 0 Å². The smallest absolute Gasteiger partial charge is 0.263 e. The van der Waals surface area contributed by atoms with Crippen molar-refractivity contribution < 1.29 is 4.79 Å². The molecule has 0 unspecified atom stereocenters. The third-order valence-corrected chi connectivity index (χ3v) is 1.87. The zero-order chi connectivity index (χ0) is 7.84. The maximum atomic E-state index is 10.9. The van der Waals surface area contributed by atoms with Crippen molar-refractivity contribution in [3.63, 3.8) is 0 Å². The highest BCUT2D eigenvalue weighted by Gasteiger charge is 2.28. The van der Waals surface area contributed by atoms with Crippen molar-refractivity contribution in [2.75, 3.05) is 0 Å². The summed E-state index contributed by atoms with van der Waals surface area (Å²) in [6, 6.07) is 0.